The lowest BCUT2D eigenvalue weighted by atomic mass is 10.2. The Balaban J connectivity index is 2.76. The fourth-order valence-electron chi connectivity index (χ4n) is 1.10. The molecule has 0 fully saturated rings. The minimum absolute atomic E-state index is 0.0787. The molecule has 1 atom stereocenters. The normalized spacial score (nSPS) is 12.1. The maximum absolute atomic E-state index is 11.4. The first-order valence-electron chi connectivity index (χ1n) is 4.64. The summed E-state index contributed by atoms with van der Waals surface area (Å²) in [6.45, 7) is 5.08. The van der Waals surface area contributed by atoms with Gasteiger partial charge in [0.25, 0.3) is 0 Å². The van der Waals surface area contributed by atoms with E-state index in [2.05, 4.69) is 16.5 Å². The van der Waals surface area contributed by atoms with Crippen LogP contribution in [0, 0.1) is 0 Å². The molecule has 0 unspecified atom stereocenters. The number of aromatic amines is 1. The van der Waals surface area contributed by atoms with Crippen LogP contribution >= 0.6 is 0 Å². The van der Waals surface area contributed by atoms with Crippen LogP contribution in [-0.2, 0) is 11.2 Å². The van der Waals surface area contributed by atoms with Gasteiger partial charge in [-0.15, -0.1) is 0 Å². The summed E-state index contributed by atoms with van der Waals surface area (Å²) in [4.78, 5) is 28.6. The molecule has 0 radical (unpaired) electrons. The zero-order chi connectivity index (χ0) is 12.3. The van der Waals surface area contributed by atoms with Crippen LogP contribution in [0.15, 0.2) is 18.3 Å². The van der Waals surface area contributed by atoms with Crippen molar-refractivity contribution in [2.75, 3.05) is 0 Å². The summed E-state index contributed by atoms with van der Waals surface area (Å²) >= 11 is 0. The average molecular weight is 223 g/mol. The third-order valence-corrected chi connectivity index (χ3v) is 1.98. The van der Waals surface area contributed by atoms with Crippen molar-refractivity contribution >= 4 is 11.8 Å². The van der Waals surface area contributed by atoms with Crippen LogP contribution in [0.4, 0.5) is 0 Å². The molecule has 6 nitrogen and oxygen atoms in total. The van der Waals surface area contributed by atoms with E-state index in [4.69, 9.17) is 10.8 Å². The van der Waals surface area contributed by atoms with Gasteiger partial charge in [0, 0.05) is 12.6 Å². The molecule has 0 amide bonds. The second-order valence-corrected chi connectivity index (χ2v) is 3.50. The highest BCUT2D eigenvalue weighted by Gasteiger charge is 2.16. The van der Waals surface area contributed by atoms with Crippen molar-refractivity contribution < 1.29 is 14.7 Å². The molecule has 1 aromatic heterocycles. The van der Waals surface area contributed by atoms with Crippen molar-refractivity contribution in [2.24, 2.45) is 5.73 Å². The molecule has 0 saturated heterocycles. The minimum Gasteiger partial charge on any atom is -0.480 e. The van der Waals surface area contributed by atoms with Crippen LogP contribution in [0.3, 0.4) is 0 Å². The number of H-pyrrole nitrogens is 1. The van der Waals surface area contributed by atoms with E-state index in [-0.39, 0.29) is 18.0 Å². The number of nitrogens with two attached hydrogens (primary N) is 1. The Morgan fingerprint density at radius 2 is 2.31 bits per heavy atom. The number of Topliss-reactive ketones (excluding diaryl/α,β-unsaturated/α-hetero) is 1. The Labute approximate surface area is 92.2 Å². The van der Waals surface area contributed by atoms with E-state index in [9.17, 15) is 9.59 Å². The van der Waals surface area contributed by atoms with Crippen LogP contribution in [0.1, 0.15) is 23.2 Å². The van der Waals surface area contributed by atoms with Gasteiger partial charge in [0.2, 0.25) is 5.78 Å². The largest absolute Gasteiger partial charge is 0.480 e. The quantitative estimate of drug-likeness (QED) is 0.485. The molecular formula is C10H13N3O3. The summed E-state index contributed by atoms with van der Waals surface area (Å²) in [6, 6.07) is -1.02. The van der Waals surface area contributed by atoms with Gasteiger partial charge >= 0.3 is 5.97 Å². The van der Waals surface area contributed by atoms with E-state index in [1.807, 2.05) is 0 Å². The number of allylic oxidation sites excluding steroid dienone is 1. The zero-order valence-electron chi connectivity index (χ0n) is 8.86. The Morgan fingerprint density at radius 3 is 2.81 bits per heavy atom. The molecule has 1 heterocycles. The number of nitrogens with zero attached hydrogens (tertiary/aromatic N) is 1. The number of nitrogens with one attached hydrogen (secondary N) is 1. The first-order valence-corrected chi connectivity index (χ1v) is 4.64. The number of imidazole rings is 1. The lowest BCUT2D eigenvalue weighted by Gasteiger charge is -2.01. The standard InChI is InChI=1S/C10H13N3O3/c1-5(2)8(14)9-12-4-6(13-9)3-7(11)10(15)16/h4,7H,1,3,11H2,2H3,(H,12,13)(H,15,16)/t7-/m0/s1. The first kappa shape index (κ1) is 12.1. The highest BCUT2D eigenvalue weighted by molar-refractivity contribution is 6.05. The molecule has 0 aromatic carbocycles. The van der Waals surface area contributed by atoms with Gasteiger partial charge in [0.15, 0.2) is 5.82 Å². The molecule has 0 aliphatic heterocycles. The molecular weight excluding hydrogens is 210 g/mol. The van der Waals surface area contributed by atoms with Gasteiger partial charge in [-0.05, 0) is 12.5 Å². The Bertz CT molecular complexity index is 436. The molecule has 0 aliphatic carbocycles. The number of carbonyl (C=O) groups is 2. The summed E-state index contributed by atoms with van der Waals surface area (Å²) in [5, 5.41) is 8.60. The lowest BCUT2D eigenvalue weighted by Crippen LogP contribution is -2.32. The van der Waals surface area contributed by atoms with E-state index in [0.717, 1.165) is 0 Å². The van der Waals surface area contributed by atoms with Crippen LogP contribution in [0.25, 0.3) is 0 Å². The van der Waals surface area contributed by atoms with Gasteiger partial charge in [0.1, 0.15) is 6.04 Å². The zero-order valence-corrected chi connectivity index (χ0v) is 8.86. The van der Waals surface area contributed by atoms with Crippen molar-refractivity contribution in [1.82, 2.24) is 9.97 Å². The Hall–Kier alpha value is -1.95. The monoisotopic (exact) mass is 223 g/mol. The number of hydrogen-bond acceptors (Lipinski definition) is 4. The van der Waals surface area contributed by atoms with Gasteiger partial charge in [-0.3, -0.25) is 9.59 Å². The summed E-state index contributed by atoms with van der Waals surface area (Å²) in [7, 11) is 0. The van der Waals surface area contributed by atoms with E-state index in [0.29, 0.717) is 11.3 Å². The van der Waals surface area contributed by atoms with Crippen molar-refractivity contribution in [2.45, 2.75) is 19.4 Å². The molecule has 16 heavy (non-hydrogen) atoms. The SMILES string of the molecule is C=C(C)C(=O)c1nc(C[C@H](N)C(=O)O)c[nH]1. The van der Waals surface area contributed by atoms with Crippen LogP contribution in [0.5, 0.6) is 0 Å². The number of ketones is 1. The molecule has 86 valence electrons. The topological polar surface area (TPSA) is 109 Å². The van der Waals surface area contributed by atoms with Crippen LogP contribution in [-0.4, -0.2) is 32.9 Å². The molecule has 0 bridgehead atoms. The van der Waals surface area contributed by atoms with E-state index >= 15 is 0 Å². The fraction of sp³-hybridized carbons (Fsp3) is 0.300. The second-order valence-electron chi connectivity index (χ2n) is 3.50. The third kappa shape index (κ3) is 2.77. The smallest absolute Gasteiger partial charge is 0.320 e. The van der Waals surface area contributed by atoms with Crippen molar-refractivity contribution in [3.63, 3.8) is 0 Å². The van der Waals surface area contributed by atoms with E-state index in [1.54, 1.807) is 6.92 Å². The van der Waals surface area contributed by atoms with Gasteiger partial charge in [-0.2, -0.15) is 0 Å². The predicted octanol–water partition coefficient (Wildman–Crippen LogP) is 0.123. The predicted molar refractivity (Wildman–Crippen MR) is 57.0 cm³/mol. The number of rotatable bonds is 5. The number of aromatic nitrogens is 2. The first-order chi connectivity index (χ1) is 7.41. The maximum Gasteiger partial charge on any atom is 0.320 e. The van der Waals surface area contributed by atoms with Crippen molar-refractivity contribution in [3.05, 3.63) is 29.9 Å². The van der Waals surface area contributed by atoms with Crippen molar-refractivity contribution in [1.29, 1.82) is 0 Å². The van der Waals surface area contributed by atoms with Gasteiger partial charge < -0.3 is 15.8 Å². The van der Waals surface area contributed by atoms with Crippen LogP contribution < -0.4 is 5.73 Å². The maximum atomic E-state index is 11.4. The van der Waals surface area contributed by atoms with Gasteiger partial charge in [-0.1, -0.05) is 6.58 Å². The molecule has 4 N–H and O–H groups in total. The molecule has 0 aliphatic rings. The summed E-state index contributed by atoms with van der Waals surface area (Å²) < 4.78 is 0. The number of carboxylic acid groups (broad SMARTS) is 1. The van der Waals surface area contributed by atoms with Gasteiger partial charge in [0.05, 0.1) is 5.69 Å². The molecule has 0 saturated carbocycles. The summed E-state index contributed by atoms with van der Waals surface area (Å²) in [5.74, 6) is -1.24. The number of carboxylic acids is 1. The Kier molecular flexibility index (Phi) is 3.57. The summed E-state index contributed by atoms with van der Waals surface area (Å²) in [5.41, 5.74) is 6.15. The third-order valence-electron chi connectivity index (χ3n) is 1.98. The Morgan fingerprint density at radius 1 is 1.69 bits per heavy atom. The van der Waals surface area contributed by atoms with E-state index in [1.165, 1.54) is 6.20 Å². The highest BCUT2D eigenvalue weighted by atomic mass is 16.4. The average Bonchev–Trinajstić information content (AvgIpc) is 2.64. The minimum atomic E-state index is -1.10. The number of hydrogen-bond donors (Lipinski definition) is 3. The second kappa shape index (κ2) is 4.71. The summed E-state index contributed by atoms with van der Waals surface area (Å²) in [6.07, 6.45) is 1.55. The molecule has 6 heteroatoms. The molecule has 1 rings (SSSR count). The van der Waals surface area contributed by atoms with E-state index < -0.39 is 12.0 Å². The number of aliphatic carboxylic acids is 1. The number of carbonyl (C=O) groups excluding carboxylic acids is 1. The van der Waals surface area contributed by atoms with Crippen LogP contribution in [0.2, 0.25) is 0 Å². The van der Waals surface area contributed by atoms with Gasteiger partial charge in [-0.25, -0.2) is 4.98 Å². The molecule has 1 aromatic rings. The lowest BCUT2D eigenvalue weighted by molar-refractivity contribution is -0.138. The molecule has 0 spiro atoms. The fourth-order valence-corrected chi connectivity index (χ4v) is 1.10. The highest BCUT2D eigenvalue weighted by Crippen LogP contribution is 2.05. The van der Waals surface area contributed by atoms with Crippen molar-refractivity contribution in [3.8, 4) is 0 Å².